The second-order valence-corrected chi connectivity index (χ2v) is 17.5. The van der Waals surface area contributed by atoms with Crippen molar-refractivity contribution in [3.8, 4) is 0 Å². The topological polar surface area (TPSA) is 118 Å². The number of rotatable bonds is 11. The lowest BCUT2D eigenvalue weighted by Crippen LogP contribution is -2.47. The molecule has 7 rings (SSSR count). The molecule has 4 bridgehead atoms. The van der Waals surface area contributed by atoms with Gasteiger partial charge in [0.2, 0.25) is 10.0 Å². The number of nitrogens with one attached hydrogen (secondary N) is 2. The third kappa shape index (κ3) is 6.08. The first-order valence-electron chi connectivity index (χ1n) is 17.0. The van der Waals surface area contributed by atoms with Gasteiger partial charge in [0.25, 0.3) is 11.5 Å². The smallest absolute Gasteiger partial charge is 0.251 e. The molecule has 0 unspecified atom stereocenters. The van der Waals surface area contributed by atoms with Crippen molar-refractivity contribution in [3.05, 3.63) is 93.9 Å². The Labute approximate surface area is 286 Å². The molecule has 9 nitrogen and oxygen atoms in total. The maximum absolute atomic E-state index is 14.0. The molecule has 3 heterocycles. The Morgan fingerprint density at radius 3 is 2.56 bits per heavy atom. The summed E-state index contributed by atoms with van der Waals surface area (Å²) in [5.41, 5.74) is 2.37. The van der Waals surface area contributed by atoms with Crippen LogP contribution in [0.5, 0.6) is 0 Å². The Morgan fingerprint density at radius 1 is 1.00 bits per heavy atom. The first-order valence-corrected chi connectivity index (χ1v) is 19.8. The Bertz CT molecular complexity index is 1890. The average molecular weight is 689 g/mol. The molecular weight excluding hydrogens is 645 g/mol. The van der Waals surface area contributed by atoms with Crippen molar-refractivity contribution < 1.29 is 18.0 Å². The van der Waals surface area contributed by atoms with E-state index in [1.54, 1.807) is 36.0 Å². The van der Waals surface area contributed by atoms with E-state index in [0.29, 0.717) is 56.0 Å². The number of hydrogen-bond donors (Lipinski definition) is 2. The molecule has 2 N–H and O–H groups in total. The summed E-state index contributed by atoms with van der Waals surface area (Å²) in [5.74, 6) is 1.67. The first-order chi connectivity index (χ1) is 23.0. The largest absolute Gasteiger partial charge is 0.369 e. The predicted octanol–water partition coefficient (Wildman–Crippen LogP) is 5.27. The third-order valence-electron chi connectivity index (χ3n) is 11.6. The highest BCUT2D eigenvalue weighted by atomic mass is 32.2. The van der Waals surface area contributed by atoms with Gasteiger partial charge in [-0.3, -0.25) is 19.1 Å². The van der Waals surface area contributed by atoms with E-state index < -0.39 is 20.9 Å². The third-order valence-corrected chi connectivity index (χ3v) is 14.0. The number of hydrogen-bond acceptors (Lipinski definition) is 7. The van der Waals surface area contributed by atoms with Gasteiger partial charge in [-0.15, -0.1) is 0 Å². The van der Waals surface area contributed by atoms with E-state index in [0.717, 1.165) is 30.0 Å². The average Bonchev–Trinajstić information content (AvgIpc) is 3.39. The molecule has 48 heavy (non-hydrogen) atoms. The molecule has 2 aromatic carbocycles. The summed E-state index contributed by atoms with van der Waals surface area (Å²) in [5, 5.41) is 2.99. The SMILES string of the molecule is CC1(C)[C@H]2CC[C@@]1(CS(=O)(=O)Nc1cc(C(=O)NCCSCc3ccccc3)ccc1N1C[C@H]3C[C@@H](C1)c1cccc(=O)n1C3)C(=O)C2. The van der Waals surface area contributed by atoms with Gasteiger partial charge >= 0.3 is 0 Å². The van der Waals surface area contributed by atoms with Crippen LogP contribution in [-0.4, -0.2) is 55.8 Å². The normalized spacial score (nSPS) is 25.5. The zero-order valence-electron chi connectivity index (χ0n) is 27.6. The lowest BCUT2D eigenvalue weighted by molar-refractivity contribution is -0.128. The highest BCUT2D eigenvalue weighted by Gasteiger charge is 2.65. The summed E-state index contributed by atoms with van der Waals surface area (Å²) >= 11 is 1.74. The van der Waals surface area contributed by atoms with E-state index in [1.165, 1.54) is 5.56 Å². The molecule has 0 spiro atoms. The second kappa shape index (κ2) is 12.7. The molecule has 254 valence electrons. The van der Waals surface area contributed by atoms with Crippen LogP contribution < -0.4 is 20.5 Å². The Morgan fingerprint density at radius 2 is 1.81 bits per heavy atom. The zero-order valence-corrected chi connectivity index (χ0v) is 29.2. The van der Waals surface area contributed by atoms with E-state index in [9.17, 15) is 22.8 Å². The Kier molecular flexibility index (Phi) is 8.73. The predicted molar refractivity (Wildman–Crippen MR) is 191 cm³/mol. The summed E-state index contributed by atoms with van der Waals surface area (Å²) in [6.45, 7) is 6.45. The summed E-state index contributed by atoms with van der Waals surface area (Å²) in [4.78, 5) is 41.4. The van der Waals surface area contributed by atoms with Crippen LogP contribution in [0.4, 0.5) is 11.4 Å². The van der Waals surface area contributed by atoms with Crippen LogP contribution in [0.15, 0.2) is 71.5 Å². The number of thioether (sulfide) groups is 1. The summed E-state index contributed by atoms with van der Waals surface area (Å²) in [6, 6.07) is 20.8. The minimum absolute atomic E-state index is 0.0100. The lowest BCUT2D eigenvalue weighted by atomic mass is 9.70. The van der Waals surface area contributed by atoms with Crippen LogP contribution in [0.25, 0.3) is 0 Å². The molecule has 4 aliphatic rings. The van der Waals surface area contributed by atoms with Crippen molar-refractivity contribution in [1.29, 1.82) is 0 Å². The van der Waals surface area contributed by atoms with Gasteiger partial charge in [-0.05, 0) is 66.3 Å². The van der Waals surface area contributed by atoms with E-state index in [1.807, 2.05) is 48.7 Å². The van der Waals surface area contributed by atoms with E-state index >= 15 is 0 Å². The van der Waals surface area contributed by atoms with Crippen LogP contribution in [-0.2, 0) is 27.1 Å². The number of piperidine rings is 1. The van der Waals surface area contributed by atoms with Crippen molar-refractivity contribution in [1.82, 2.24) is 9.88 Å². The quantitative estimate of drug-likeness (QED) is 0.264. The van der Waals surface area contributed by atoms with Crippen molar-refractivity contribution in [2.75, 3.05) is 40.8 Å². The van der Waals surface area contributed by atoms with Crippen molar-refractivity contribution in [2.45, 2.75) is 57.7 Å². The molecule has 0 radical (unpaired) electrons. The number of nitrogens with zero attached hydrogens (tertiary/aromatic N) is 2. The molecular formula is C37H44N4O5S2. The molecule has 2 aliphatic heterocycles. The van der Waals surface area contributed by atoms with Crippen molar-refractivity contribution in [2.24, 2.45) is 22.7 Å². The van der Waals surface area contributed by atoms with Gasteiger partial charge in [-0.25, -0.2) is 8.42 Å². The molecule has 1 saturated heterocycles. The van der Waals surface area contributed by atoms with Gasteiger partial charge in [0.1, 0.15) is 5.78 Å². The number of fused-ring (bicyclic) bond motifs is 6. The number of carbonyl (C=O) groups excluding carboxylic acids is 2. The van der Waals surface area contributed by atoms with Gasteiger partial charge in [0.05, 0.1) is 22.5 Å². The maximum Gasteiger partial charge on any atom is 0.251 e. The highest BCUT2D eigenvalue weighted by Crippen LogP contribution is 2.64. The number of anilines is 2. The fraction of sp³-hybridized carbons (Fsp3) is 0.486. The minimum Gasteiger partial charge on any atom is -0.369 e. The van der Waals surface area contributed by atoms with E-state index in [2.05, 4.69) is 27.1 Å². The van der Waals surface area contributed by atoms with Crippen LogP contribution in [0.2, 0.25) is 0 Å². The number of ketones is 1. The number of pyridine rings is 1. The maximum atomic E-state index is 14.0. The van der Waals surface area contributed by atoms with Gasteiger partial charge in [-0.2, -0.15) is 11.8 Å². The number of benzene rings is 2. The first kappa shape index (κ1) is 33.0. The lowest BCUT2D eigenvalue weighted by Gasteiger charge is -2.44. The monoisotopic (exact) mass is 688 g/mol. The highest BCUT2D eigenvalue weighted by molar-refractivity contribution is 7.98. The van der Waals surface area contributed by atoms with Crippen LogP contribution in [0.1, 0.15) is 67.1 Å². The summed E-state index contributed by atoms with van der Waals surface area (Å²) in [6.07, 6.45) is 2.84. The second-order valence-electron chi connectivity index (χ2n) is 14.7. The number of Topliss-reactive ketones (excluding diaryl/α,β-unsaturated/α-hetero) is 1. The molecule has 2 saturated carbocycles. The van der Waals surface area contributed by atoms with Crippen LogP contribution in [0.3, 0.4) is 0 Å². The van der Waals surface area contributed by atoms with Crippen LogP contribution in [0, 0.1) is 22.7 Å². The Hall–Kier alpha value is -3.57. The molecule has 11 heteroatoms. The molecule has 3 aromatic rings. The number of amides is 1. The number of carbonyl (C=O) groups is 2. The van der Waals surface area contributed by atoms with E-state index in [4.69, 9.17) is 0 Å². The molecule has 1 aromatic heterocycles. The van der Waals surface area contributed by atoms with Crippen LogP contribution >= 0.6 is 11.8 Å². The van der Waals surface area contributed by atoms with Gasteiger partial charge < -0.3 is 14.8 Å². The van der Waals surface area contributed by atoms with Crippen molar-refractivity contribution in [3.63, 3.8) is 0 Å². The minimum atomic E-state index is -3.97. The summed E-state index contributed by atoms with van der Waals surface area (Å²) < 4.78 is 32.8. The van der Waals surface area contributed by atoms with Crippen molar-refractivity contribution >= 4 is 44.9 Å². The fourth-order valence-corrected chi connectivity index (χ4v) is 11.6. The Balaban J connectivity index is 1.13. The van der Waals surface area contributed by atoms with E-state index in [-0.39, 0.29) is 40.8 Å². The summed E-state index contributed by atoms with van der Waals surface area (Å²) in [7, 11) is -3.97. The zero-order chi connectivity index (χ0) is 33.7. The molecule has 3 fully saturated rings. The molecule has 2 aliphatic carbocycles. The fourth-order valence-electron chi connectivity index (χ4n) is 8.87. The van der Waals surface area contributed by atoms with Gasteiger partial charge in [0.15, 0.2) is 0 Å². The number of sulfonamides is 1. The van der Waals surface area contributed by atoms with Gasteiger partial charge in [-0.1, -0.05) is 50.2 Å². The molecule has 1 amide bonds. The standard InChI is InChI=1S/C37H44N4O5S2/c1-36(2)29-13-14-37(36,33(42)19-29)24-48(45,46)39-30-18-27(35(44)38-15-16-47-23-25-7-4-3-5-8-25)11-12-32(30)40-20-26-17-28(22-40)31-9-6-10-34(43)41(31)21-26/h3-12,18,26,28-29,39H,13-17,19-24H2,1-2H3,(H,38,44)/t26-,28+,29+,37-/m1/s1. The number of aromatic nitrogens is 1. The molecule has 4 atom stereocenters. The van der Waals surface area contributed by atoms with Gasteiger partial charge in [0, 0.05) is 67.3 Å².